The molecule has 2 aromatic heterocycles. The van der Waals surface area contributed by atoms with Gasteiger partial charge in [0.15, 0.2) is 11.5 Å². The molecule has 0 unspecified atom stereocenters. The highest BCUT2D eigenvalue weighted by molar-refractivity contribution is 5.85. The van der Waals surface area contributed by atoms with Crippen molar-refractivity contribution in [3.63, 3.8) is 0 Å². The minimum atomic E-state index is 0. The van der Waals surface area contributed by atoms with E-state index in [2.05, 4.69) is 19.1 Å². The van der Waals surface area contributed by atoms with E-state index in [1.165, 1.54) is 0 Å². The van der Waals surface area contributed by atoms with Gasteiger partial charge in [-0.3, -0.25) is 0 Å². The normalized spacial score (nSPS) is 12.9. The molecule has 4 rings (SSSR count). The van der Waals surface area contributed by atoms with E-state index in [1.807, 2.05) is 44.0 Å². The standard InChI is InChI=1S/C20H24N4O3.ClH/c1-15-22-5-8-23(15)6-3-7-24-14-21-13-17(24)16-11-19-20(12-18(16)25-2)27-10-4-9-26-19;/h5,8,11-14H,3-4,6-7,9-10H2,1-2H3;1H. The molecule has 0 atom stereocenters. The van der Waals surface area contributed by atoms with Crippen LogP contribution in [0.15, 0.2) is 37.1 Å². The van der Waals surface area contributed by atoms with Gasteiger partial charge in [0.05, 0.1) is 38.5 Å². The second kappa shape index (κ2) is 9.01. The van der Waals surface area contributed by atoms with Crippen molar-refractivity contribution in [2.45, 2.75) is 32.9 Å². The maximum absolute atomic E-state index is 5.85. The van der Waals surface area contributed by atoms with Crippen LogP contribution in [0.5, 0.6) is 17.2 Å². The lowest BCUT2D eigenvalue weighted by atomic mass is 10.1. The quantitative estimate of drug-likeness (QED) is 0.626. The zero-order valence-corrected chi connectivity index (χ0v) is 16.9. The number of fused-ring (bicyclic) bond motifs is 1. The molecule has 0 saturated carbocycles. The van der Waals surface area contributed by atoms with E-state index in [4.69, 9.17) is 14.2 Å². The van der Waals surface area contributed by atoms with Crippen molar-refractivity contribution in [1.82, 2.24) is 19.1 Å². The topological polar surface area (TPSA) is 63.3 Å². The van der Waals surface area contributed by atoms with E-state index in [-0.39, 0.29) is 12.4 Å². The molecule has 0 bridgehead atoms. The number of aromatic nitrogens is 4. The first-order valence-corrected chi connectivity index (χ1v) is 9.22. The summed E-state index contributed by atoms with van der Waals surface area (Å²) in [5.41, 5.74) is 1.96. The monoisotopic (exact) mass is 404 g/mol. The van der Waals surface area contributed by atoms with Gasteiger partial charge in [0.25, 0.3) is 0 Å². The molecular weight excluding hydrogens is 380 g/mol. The van der Waals surface area contributed by atoms with E-state index in [0.717, 1.165) is 60.3 Å². The third-order valence-corrected chi connectivity index (χ3v) is 4.78. The summed E-state index contributed by atoms with van der Waals surface area (Å²) in [6.07, 6.45) is 9.42. The fourth-order valence-corrected chi connectivity index (χ4v) is 3.33. The maximum Gasteiger partial charge on any atom is 0.164 e. The van der Waals surface area contributed by atoms with Gasteiger partial charge in [-0.1, -0.05) is 0 Å². The Kier molecular flexibility index (Phi) is 6.46. The first kappa shape index (κ1) is 20.1. The summed E-state index contributed by atoms with van der Waals surface area (Å²) in [5, 5.41) is 0. The number of methoxy groups -OCH3 is 1. The van der Waals surface area contributed by atoms with Crippen molar-refractivity contribution in [2.75, 3.05) is 20.3 Å². The summed E-state index contributed by atoms with van der Waals surface area (Å²) in [5.74, 6) is 3.27. The highest BCUT2D eigenvalue weighted by Gasteiger charge is 2.18. The first-order valence-electron chi connectivity index (χ1n) is 9.22. The van der Waals surface area contributed by atoms with Crippen molar-refractivity contribution < 1.29 is 14.2 Å². The lowest BCUT2D eigenvalue weighted by Gasteiger charge is -2.15. The fraction of sp³-hybridized carbons (Fsp3) is 0.400. The Labute approximate surface area is 170 Å². The Balaban J connectivity index is 0.00000225. The second-order valence-corrected chi connectivity index (χ2v) is 6.54. The molecule has 0 aliphatic carbocycles. The van der Waals surface area contributed by atoms with Crippen LogP contribution in [0, 0.1) is 6.92 Å². The molecule has 0 saturated heterocycles. The number of hydrogen-bond acceptors (Lipinski definition) is 5. The minimum Gasteiger partial charge on any atom is -0.496 e. The van der Waals surface area contributed by atoms with E-state index in [9.17, 15) is 0 Å². The molecule has 0 N–H and O–H groups in total. The van der Waals surface area contributed by atoms with Gasteiger partial charge in [-0.2, -0.15) is 0 Å². The molecule has 1 aliphatic heterocycles. The highest BCUT2D eigenvalue weighted by Crippen LogP contribution is 2.41. The predicted molar refractivity (Wildman–Crippen MR) is 109 cm³/mol. The van der Waals surface area contributed by atoms with E-state index >= 15 is 0 Å². The summed E-state index contributed by atoms with van der Waals surface area (Å²) in [6, 6.07) is 3.90. The van der Waals surface area contributed by atoms with E-state index < -0.39 is 0 Å². The van der Waals surface area contributed by atoms with Crippen LogP contribution in [-0.2, 0) is 13.1 Å². The van der Waals surface area contributed by atoms with Gasteiger partial charge >= 0.3 is 0 Å². The second-order valence-electron chi connectivity index (χ2n) is 6.54. The summed E-state index contributed by atoms with van der Waals surface area (Å²) in [4.78, 5) is 8.62. The molecule has 1 aromatic carbocycles. The van der Waals surface area contributed by atoms with Crippen molar-refractivity contribution in [1.29, 1.82) is 0 Å². The van der Waals surface area contributed by atoms with Crippen molar-refractivity contribution >= 4 is 12.4 Å². The van der Waals surface area contributed by atoms with Crippen LogP contribution >= 0.6 is 12.4 Å². The largest absolute Gasteiger partial charge is 0.496 e. The van der Waals surface area contributed by atoms with E-state index in [0.29, 0.717) is 13.2 Å². The third-order valence-electron chi connectivity index (χ3n) is 4.78. The summed E-state index contributed by atoms with van der Waals surface area (Å²) < 4.78 is 21.5. The number of ether oxygens (including phenoxy) is 3. The highest BCUT2D eigenvalue weighted by atomic mass is 35.5. The number of aryl methyl sites for hydroxylation is 3. The Morgan fingerprint density at radius 2 is 1.86 bits per heavy atom. The van der Waals surface area contributed by atoms with Gasteiger partial charge in [-0.05, 0) is 19.4 Å². The van der Waals surface area contributed by atoms with Gasteiger partial charge in [0.2, 0.25) is 0 Å². The number of hydrogen-bond donors (Lipinski definition) is 0. The zero-order valence-electron chi connectivity index (χ0n) is 16.1. The molecule has 8 heteroatoms. The third kappa shape index (κ3) is 4.09. The molecule has 150 valence electrons. The minimum absolute atomic E-state index is 0. The number of imidazole rings is 2. The van der Waals surface area contributed by atoms with Crippen LogP contribution in [0.1, 0.15) is 18.7 Å². The molecule has 0 spiro atoms. The molecule has 1 aliphatic rings. The number of rotatable bonds is 6. The van der Waals surface area contributed by atoms with Gasteiger partial charge < -0.3 is 23.3 Å². The van der Waals surface area contributed by atoms with Gasteiger partial charge in [0.1, 0.15) is 11.6 Å². The molecule has 28 heavy (non-hydrogen) atoms. The summed E-state index contributed by atoms with van der Waals surface area (Å²) >= 11 is 0. The molecule has 3 heterocycles. The maximum atomic E-state index is 5.85. The lowest BCUT2D eigenvalue weighted by molar-refractivity contribution is 0.296. The van der Waals surface area contributed by atoms with Crippen LogP contribution in [0.3, 0.4) is 0 Å². The van der Waals surface area contributed by atoms with Crippen LogP contribution in [0.25, 0.3) is 11.3 Å². The molecule has 7 nitrogen and oxygen atoms in total. The number of nitrogens with zero attached hydrogens (tertiary/aromatic N) is 4. The Morgan fingerprint density at radius 3 is 2.57 bits per heavy atom. The average molecular weight is 405 g/mol. The van der Waals surface area contributed by atoms with Gasteiger partial charge in [-0.15, -0.1) is 12.4 Å². The smallest absolute Gasteiger partial charge is 0.164 e. The van der Waals surface area contributed by atoms with E-state index in [1.54, 1.807) is 7.11 Å². The molecule has 0 radical (unpaired) electrons. The van der Waals surface area contributed by atoms with Crippen LogP contribution in [0.2, 0.25) is 0 Å². The van der Waals surface area contributed by atoms with Crippen LogP contribution in [-0.4, -0.2) is 39.4 Å². The van der Waals surface area contributed by atoms with Crippen molar-refractivity contribution in [3.8, 4) is 28.5 Å². The predicted octanol–water partition coefficient (Wildman–Crippen LogP) is 3.74. The Morgan fingerprint density at radius 1 is 1.11 bits per heavy atom. The molecule has 0 amide bonds. The summed E-state index contributed by atoms with van der Waals surface area (Å²) in [7, 11) is 1.67. The molecule has 3 aromatic rings. The Hall–Kier alpha value is -2.67. The van der Waals surface area contributed by atoms with Gasteiger partial charge in [0, 0.05) is 43.5 Å². The number of benzene rings is 1. The average Bonchev–Trinajstić information content (AvgIpc) is 3.24. The summed E-state index contributed by atoms with van der Waals surface area (Å²) in [6.45, 7) is 5.10. The SMILES string of the molecule is COc1cc2c(cc1-c1cncn1CCCn1ccnc1C)OCCCO2.Cl. The first-order chi connectivity index (χ1) is 13.3. The van der Waals surface area contributed by atoms with Crippen LogP contribution < -0.4 is 14.2 Å². The van der Waals surface area contributed by atoms with Crippen LogP contribution in [0.4, 0.5) is 0 Å². The Bertz CT molecular complexity index is 922. The van der Waals surface area contributed by atoms with Crippen molar-refractivity contribution in [2.24, 2.45) is 0 Å². The van der Waals surface area contributed by atoms with Gasteiger partial charge in [-0.25, -0.2) is 9.97 Å². The zero-order chi connectivity index (χ0) is 18.6. The molecule has 0 fully saturated rings. The fourth-order valence-electron chi connectivity index (χ4n) is 3.33. The number of halogens is 1. The molecular formula is C20H25ClN4O3. The lowest BCUT2D eigenvalue weighted by Crippen LogP contribution is -2.05. The van der Waals surface area contributed by atoms with Crippen molar-refractivity contribution in [3.05, 3.63) is 42.9 Å².